The van der Waals surface area contributed by atoms with Gasteiger partial charge in [-0.1, -0.05) is 54.6 Å². The number of anilines is 1. The molecule has 0 unspecified atom stereocenters. The van der Waals surface area contributed by atoms with Gasteiger partial charge in [0.15, 0.2) is 5.17 Å². The van der Waals surface area contributed by atoms with Gasteiger partial charge in [0.05, 0.1) is 26.2 Å². The summed E-state index contributed by atoms with van der Waals surface area (Å²) in [6.07, 6.45) is 1.58. The quantitative estimate of drug-likeness (QED) is 0.122. The van der Waals surface area contributed by atoms with Gasteiger partial charge in [-0.25, -0.2) is 4.99 Å². The Kier molecular flexibility index (Phi) is 7.52. The van der Waals surface area contributed by atoms with Gasteiger partial charge in [-0.05, 0) is 64.5 Å². The highest BCUT2D eigenvalue weighted by atomic mass is 32.2. The summed E-state index contributed by atoms with van der Waals surface area (Å²) >= 11 is 2.25. The molecular weight excluding hydrogens is 520 g/mol. The maximum atomic E-state index is 12.5. The fourth-order valence-electron chi connectivity index (χ4n) is 3.75. The van der Waals surface area contributed by atoms with Gasteiger partial charge < -0.3 is 10.6 Å². The van der Waals surface area contributed by atoms with E-state index in [2.05, 4.69) is 15.6 Å². The minimum absolute atomic E-state index is 0.00563. The molecule has 1 aliphatic heterocycles. The number of amides is 2. The Morgan fingerprint density at radius 1 is 1.00 bits per heavy atom. The molecule has 0 aliphatic carbocycles. The Morgan fingerprint density at radius 3 is 2.55 bits per heavy atom. The highest BCUT2D eigenvalue weighted by Gasteiger charge is 2.24. The van der Waals surface area contributed by atoms with Crippen molar-refractivity contribution in [3.63, 3.8) is 0 Å². The van der Waals surface area contributed by atoms with Crippen molar-refractivity contribution < 1.29 is 14.5 Å². The average Bonchev–Trinajstić information content (AvgIpc) is 3.26. The lowest BCUT2D eigenvalue weighted by Crippen LogP contribution is -2.19. The second-order valence-corrected chi connectivity index (χ2v) is 10.2. The zero-order valence-corrected chi connectivity index (χ0v) is 21.4. The number of carbonyl (C=O) groups is 2. The summed E-state index contributed by atoms with van der Waals surface area (Å²) < 4.78 is 0. The van der Waals surface area contributed by atoms with Gasteiger partial charge in [0, 0.05) is 11.8 Å². The van der Waals surface area contributed by atoms with Crippen molar-refractivity contribution in [1.29, 1.82) is 0 Å². The predicted molar refractivity (Wildman–Crippen MR) is 154 cm³/mol. The van der Waals surface area contributed by atoms with Crippen LogP contribution >= 0.6 is 23.5 Å². The number of para-hydroxylation sites is 1. The number of nitrogens with zero attached hydrogens (tertiary/aromatic N) is 2. The molecule has 0 bridgehead atoms. The predicted octanol–water partition coefficient (Wildman–Crippen LogP) is 6.37. The number of benzene rings is 4. The Balaban J connectivity index is 1.26. The smallest absolute Gasteiger partial charge is 0.283 e. The molecule has 1 aliphatic rings. The number of nitro groups is 1. The van der Waals surface area contributed by atoms with Crippen molar-refractivity contribution >= 4 is 74.4 Å². The van der Waals surface area contributed by atoms with Crippen LogP contribution in [0, 0.1) is 10.1 Å². The average molecular weight is 541 g/mol. The Labute approximate surface area is 226 Å². The molecule has 1 saturated heterocycles. The molecule has 10 heteroatoms. The van der Waals surface area contributed by atoms with Crippen LogP contribution in [0.5, 0.6) is 0 Å². The van der Waals surface area contributed by atoms with Crippen LogP contribution in [0.3, 0.4) is 0 Å². The molecule has 4 aromatic carbocycles. The Morgan fingerprint density at radius 2 is 1.76 bits per heavy atom. The summed E-state index contributed by atoms with van der Waals surface area (Å²) in [7, 11) is 0. The first-order valence-electron chi connectivity index (χ1n) is 11.5. The van der Waals surface area contributed by atoms with E-state index in [9.17, 15) is 19.7 Å². The van der Waals surface area contributed by atoms with E-state index in [1.807, 2.05) is 72.8 Å². The van der Waals surface area contributed by atoms with Crippen molar-refractivity contribution in [2.24, 2.45) is 4.99 Å². The number of carbonyl (C=O) groups excluding carboxylic acids is 2. The topological polar surface area (TPSA) is 114 Å². The van der Waals surface area contributed by atoms with Gasteiger partial charge in [0.25, 0.3) is 11.6 Å². The van der Waals surface area contributed by atoms with E-state index >= 15 is 0 Å². The summed E-state index contributed by atoms with van der Waals surface area (Å²) in [4.78, 5) is 41.3. The molecule has 0 spiro atoms. The van der Waals surface area contributed by atoms with Crippen LogP contribution in [-0.4, -0.2) is 27.7 Å². The molecular formula is C28H20N4O4S2. The molecule has 0 saturated carbocycles. The maximum absolute atomic E-state index is 12.5. The number of fused-ring (bicyclic) bond motifs is 1. The highest BCUT2D eigenvalue weighted by molar-refractivity contribution is 8.18. The molecule has 1 fully saturated rings. The lowest BCUT2D eigenvalue weighted by molar-refractivity contribution is -0.387. The first kappa shape index (κ1) is 25.2. The second kappa shape index (κ2) is 11.3. The van der Waals surface area contributed by atoms with Crippen molar-refractivity contribution in [1.82, 2.24) is 5.32 Å². The van der Waals surface area contributed by atoms with Gasteiger partial charge in [0.2, 0.25) is 5.91 Å². The number of nitro benzene ring substituents is 1. The SMILES string of the molecule is O=C(CSc1ccc(/C=C2\SC(=Nc3ccccc3)NC2=O)cc1[N+](=O)[O-])Nc1ccc2ccccc2c1. The van der Waals surface area contributed by atoms with Gasteiger partial charge >= 0.3 is 0 Å². The van der Waals surface area contributed by atoms with Crippen molar-refractivity contribution in [2.45, 2.75) is 4.90 Å². The summed E-state index contributed by atoms with van der Waals surface area (Å²) in [5.74, 6) is -0.586. The minimum Gasteiger partial charge on any atom is -0.325 e. The number of thioether (sulfide) groups is 2. The van der Waals surface area contributed by atoms with Crippen molar-refractivity contribution in [3.8, 4) is 0 Å². The highest BCUT2D eigenvalue weighted by Crippen LogP contribution is 2.33. The zero-order valence-electron chi connectivity index (χ0n) is 19.8. The third-order valence-corrected chi connectivity index (χ3v) is 7.48. The molecule has 5 rings (SSSR count). The standard InChI is InChI=1S/C28H20N4O4S2/c33-26(29-22-12-11-19-6-4-5-7-20(19)16-22)17-37-24-13-10-18(14-23(24)32(35)36)15-25-27(34)31-28(38-25)30-21-8-2-1-3-9-21/h1-16H,17H2,(H,29,33)(H,30,31,34)/b25-15-. The van der Waals surface area contributed by atoms with Crippen LogP contribution in [0.15, 0.2) is 106 Å². The van der Waals surface area contributed by atoms with Crippen LogP contribution in [-0.2, 0) is 9.59 Å². The number of nitrogens with one attached hydrogen (secondary N) is 2. The van der Waals surface area contributed by atoms with Crippen molar-refractivity contribution in [2.75, 3.05) is 11.1 Å². The zero-order chi connectivity index (χ0) is 26.5. The van der Waals surface area contributed by atoms with Crippen LogP contribution in [0.4, 0.5) is 17.1 Å². The molecule has 2 N–H and O–H groups in total. The molecule has 4 aromatic rings. The van der Waals surface area contributed by atoms with Crippen LogP contribution in [0.25, 0.3) is 16.8 Å². The molecule has 38 heavy (non-hydrogen) atoms. The lowest BCUT2D eigenvalue weighted by Gasteiger charge is -2.07. The van der Waals surface area contributed by atoms with E-state index in [0.29, 0.717) is 31.9 Å². The molecule has 8 nitrogen and oxygen atoms in total. The fourth-order valence-corrected chi connectivity index (χ4v) is 5.39. The second-order valence-electron chi connectivity index (χ2n) is 8.20. The molecule has 0 aromatic heterocycles. The van der Waals surface area contributed by atoms with E-state index in [1.165, 1.54) is 6.07 Å². The largest absolute Gasteiger partial charge is 0.325 e. The minimum atomic E-state index is -0.490. The van der Waals surface area contributed by atoms with Crippen molar-refractivity contribution in [3.05, 3.63) is 112 Å². The maximum Gasteiger partial charge on any atom is 0.283 e. The third kappa shape index (κ3) is 6.10. The van der Waals surface area contributed by atoms with Gasteiger partial charge in [-0.15, -0.1) is 11.8 Å². The Hall–Kier alpha value is -4.41. The van der Waals surface area contributed by atoms with Crippen LogP contribution in [0.2, 0.25) is 0 Å². The number of hydrogen-bond acceptors (Lipinski definition) is 7. The van der Waals surface area contributed by atoms with Gasteiger partial charge in [0.1, 0.15) is 0 Å². The molecule has 1 heterocycles. The molecule has 188 valence electrons. The van der Waals surface area contributed by atoms with E-state index in [1.54, 1.807) is 18.2 Å². The molecule has 0 atom stereocenters. The van der Waals surface area contributed by atoms with Gasteiger partial charge in [-0.3, -0.25) is 19.7 Å². The summed E-state index contributed by atoms with van der Waals surface area (Å²) in [5, 5.41) is 19.8. The van der Waals surface area contributed by atoms with E-state index in [0.717, 1.165) is 34.3 Å². The number of rotatable bonds is 7. The molecule has 0 radical (unpaired) electrons. The fraction of sp³-hybridized carbons (Fsp3) is 0.0357. The third-order valence-electron chi connectivity index (χ3n) is 5.51. The van der Waals surface area contributed by atoms with E-state index < -0.39 is 4.92 Å². The number of amidine groups is 1. The number of aliphatic imine (C=N–C) groups is 1. The summed E-state index contributed by atoms with van der Waals surface area (Å²) in [5.41, 5.74) is 1.73. The number of hydrogen-bond donors (Lipinski definition) is 2. The van der Waals surface area contributed by atoms with Crippen LogP contribution < -0.4 is 10.6 Å². The van der Waals surface area contributed by atoms with E-state index in [-0.39, 0.29) is 23.3 Å². The molecule has 2 amide bonds. The summed E-state index contributed by atoms with van der Waals surface area (Å²) in [6, 6.07) is 27.4. The van der Waals surface area contributed by atoms with E-state index in [4.69, 9.17) is 0 Å². The van der Waals surface area contributed by atoms with Crippen LogP contribution in [0.1, 0.15) is 5.56 Å². The first-order chi connectivity index (χ1) is 18.4. The summed E-state index contributed by atoms with van der Waals surface area (Å²) in [6.45, 7) is 0. The van der Waals surface area contributed by atoms with Gasteiger partial charge in [-0.2, -0.15) is 0 Å². The monoisotopic (exact) mass is 540 g/mol. The Bertz CT molecular complexity index is 1620. The lowest BCUT2D eigenvalue weighted by atomic mass is 10.1. The normalized spacial score (nSPS) is 15.1. The first-order valence-corrected chi connectivity index (χ1v) is 13.3.